The molecular formula is C6H9NO2S2. The minimum absolute atomic E-state index is 0.376. The number of carbonyl (C=O) groups is 1. The van der Waals surface area contributed by atoms with E-state index in [0.29, 0.717) is 0 Å². The maximum Gasteiger partial charge on any atom is 0.316 e. The molecular weight excluding hydrogens is 182 g/mol. The van der Waals surface area contributed by atoms with Crippen molar-refractivity contribution in [3.8, 4) is 0 Å². The lowest BCUT2D eigenvalue weighted by Crippen LogP contribution is -2.12. The molecule has 0 amide bonds. The average Bonchev–Trinajstić information content (AvgIpc) is 2.39. The minimum atomic E-state index is -0.773. The van der Waals surface area contributed by atoms with Crippen LogP contribution in [0.25, 0.3) is 0 Å². The molecule has 1 N–H and O–H groups in total. The van der Waals surface area contributed by atoms with Gasteiger partial charge in [0.25, 0.3) is 0 Å². The first kappa shape index (κ1) is 8.93. The molecule has 0 aromatic heterocycles. The van der Waals surface area contributed by atoms with Gasteiger partial charge in [0.15, 0.2) is 0 Å². The fourth-order valence-corrected chi connectivity index (χ4v) is 2.65. The maximum absolute atomic E-state index is 10.4. The van der Waals surface area contributed by atoms with E-state index >= 15 is 0 Å². The van der Waals surface area contributed by atoms with E-state index in [-0.39, 0.29) is 5.25 Å². The number of hydrogen-bond acceptors (Lipinski definition) is 4. The highest BCUT2D eigenvalue weighted by Gasteiger charge is 2.17. The molecule has 0 spiro atoms. The van der Waals surface area contributed by atoms with Crippen LogP contribution in [0.1, 0.15) is 6.92 Å². The molecule has 62 valence electrons. The first-order valence-corrected chi connectivity index (χ1v) is 5.13. The van der Waals surface area contributed by atoms with Gasteiger partial charge in [-0.15, -0.1) is 0 Å². The quantitative estimate of drug-likeness (QED) is 0.714. The highest BCUT2D eigenvalue weighted by Crippen LogP contribution is 2.25. The topological polar surface area (TPSA) is 49.7 Å². The lowest BCUT2D eigenvalue weighted by atomic mass is 10.5. The number of rotatable bonds is 2. The molecule has 1 atom stereocenters. The van der Waals surface area contributed by atoms with E-state index in [2.05, 4.69) is 4.99 Å². The summed E-state index contributed by atoms with van der Waals surface area (Å²) in [7, 11) is 0. The summed E-state index contributed by atoms with van der Waals surface area (Å²) in [5.74, 6) is 0.222. The lowest BCUT2D eigenvalue weighted by molar-refractivity contribution is -0.136. The second-order valence-electron chi connectivity index (χ2n) is 2.09. The number of carboxylic acid groups (broad SMARTS) is 1. The molecule has 0 aliphatic carbocycles. The van der Waals surface area contributed by atoms with Gasteiger partial charge in [-0.2, -0.15) is 0 Å². The summed E-state index contributed by atoms with van der Waals surface area (Å²) in [6, 6.07) is 0. The van der Waals surface area contributed by atoms with Crippen molar-refractivity contribution in [1.82, 2.24) is 0 Å². The number of hydrogen-bond donors (Lipinski definition) is 1. The van der Waals surface area contributed by atoms with Crippen LogP contribution in [0.5, 0.6) is 0 Å². The number of aliphatic carboxylic acids is 1. The SMILES string of the molecule is CC(SC1=NCCS1)C(=O)O. The molecule has 1 rings (SSSR count). The molecule has 1 aliphatic heterocycles. The van der Waals surface area contributed by atoms with Gasteiger partial charge < -0.3 is 5.11 Å². The van der Waals surface area contributed by atoms with Crippen LogP contribution >= 0.6 is 23.5 Å². The van der Waals surface area contributed by atoms with Gasteiger partial charge >= 0.3 is 5.97 Å². The van der Waals surface area contributed by atoms with Gasteiger partial charge in [0.2, 0.25) is 0 Å². The number of aliphatic imine (C=N–C) groups is 1. The molecule has 1 aliphatic rings. The molecule has 0 bridgehead atoms. The molecule has 1 unspecified atom stereocenters. The molecule has 5 heteroatoms. The standard InChI is InChI=1S/C6H9NO2S2/c1-4(5(8)9)11-6-7-2-3-10-6/h4H,2-3H2,1H3,(H,8,9). The molecule has 0 aromatic rings. The predicted molar refractivity (Wildman–Crippen MR) is 49.4 cm³/mol. The summed E-state index contributed by atoms with van der Waals surface area (Å²) in [6.07, 6.45) is 0. The van der Waals surface area contributed by atoms with Crippen molar-refractivity contribution in [1.29, 1.82) is 0 Å². The number of nitrogens with zero attached hydrogens (tertiary/aromatic N) is 1. The maximum atomic E-state index is 10.4. The molecule has 0 saturated heterocycles. The van der Waals surface area contributed by atoms with Gasteiger partial charge in [0.05, 0.1) is 6.54 Å². The number of carboxylic acids is 1. The fraction of sp³-hybridized carbons (Fsp3) is 0.667. The molecule has 0 aromatic carbocycles. The van der Waals surface area contributed by atoms with Crippen LogP contribution in [0.4, 0.5) is 0 Å². The zero-order valence-electron chi connectivity index (χ0n) is 6.11. The lowest BCUT2D eigenvalue weighted by Gasteiger charge is -2.03. The van der Waals surface area contributed by atoms with Crippen LogP contribution in [-0.2, 0) is 4.79 Å². The summed E-state index contributed by atoms with van der Waals surface area (Å²) in [5.41, 5.74) is 0. The third-order valence-corrected chi connectivity index (χ3v) is 3.47. The van der Waals surface area contributed by atoms with Crippen molar-refractivity contribution in [2.45, 2.75) is 12.2 Å². The monoisotopic (exact) mass is 191 g/mol. The molecule has 0 fully saturated rings. The van der Waals surface area contributed by atoms with Crippen LogP contribution in [0, 0.1) is 0 Å². The zero-order chi connectivity index (χ0) is 8.27. The van der Waals surface area contributed by atoms with Crippen molar-refractivity contribution in [3.63, 3.8) is 0 Å². The van der Waals surface area contributed by atoms with E-state index in [1.807, 2.05) is 0 Å². The fourth-order valence-electron chi connectivity index (χ4n) is 0.588. The Morgan fingerprint density at radius 3 is 3.09 bits per heavy atom. The van der Waals surface area contributed by atoms with E-state index in [0.717, 1.165) is 16.7 Å². The van der Waals surface area contributed by atoms with Gasteiger partial charge in [-0.1, -0.05) is 23.5 Å². The van der Waals surface area contributed by atoms with E-state index in [9.17, 15) is 4.79 Å². The van der Waals surface area contributed by atoms with E-state index in [1.165, 1.54) is 11.8 Å². The van der Waals surface area contributed by atoms with Crippen LogP contribution in [0.3, 0.4) is 0 Å². The van der Waals surface area contributed by atoms with Crippen molar-refractivity contribution in [3.05, 3.63) is 0 Å². The van der Waals surface area contributed by atoms with Gasteiger partial charge in [-0.25, -0.2) is 0 Å². The minimum Gasteiger partial charge on any atom is -0.480 e. The van der Waals surface area contributed by atoms with Crippen molar-refractivity contribution < 1.29 is 9.90 Å². The Labute approximate surface area is 73.7 Å². The summed E-state index contributed by atoms with van der Waals surface area (Å²) in [5, 5.41) is 8.18. The highest BCUT2D eigenvalue weighted by atomic mass is 32.2. The van der Waals surface area contributed by atoms with Crippen LogP contribution < -0.4 is 0 Å². The second-order valence-corrected chi connectivity index (χ2v) is 4.77. The van der Waals surface area contributed by atoms with E-state index < -0.39 is 5.97 Å². The van der Waals surface area contributed by atoms with E-state index in [1.54, 1.807) is 18.7 Å². The zero-order valence-corrected chi connectivity index (χ0v) is 7.74. The Bertz CT molecular complexity index is 193. The van der Waals surface area contributed by atoms with Crippen molar-refractivity contribution >= 4 is 33.9 Å². The predicted octanol–water partition coefficient (Wildman–Crippen LogP) is 1.30. The van der Waals surface area contributed by atoms with Gasteiger partial charge in [0, 0.05) is 5.75 Å². The molecule has 0 saturated carbocycles. The first-order valence-electron chi connectivity index (χ1n) is 3.27. The Kier molecular flexibility index (Phi) is 3.26. The Balaban J connectivity index is 2.35. The van der Waals surface area contributed by atoms with Crippen LogP contribution in [0.15, 0.2) is 4.99 Å². The van der Waals surface area contributed by atoms with E-state index in [4.69, 9.17) is 5.11 Å². The summed E-state index contributed by atoms with van der Waals surface area (Å²) in [6.45, 7) is 2.51. The smallest absolute Gasteiger partial charge is 0.316 e. The van der Waals surface area contributed by atoms with Gasteiger partial charge in [-0.3, -0.25) is 9.79 Å². The number of thioether (sulfide) groups is 2. The summed E-state index contributed by atoms with van der Waals surface area (Å²) in [4.78, 5) is 14.5. The van der Waals surface area contributed by atoms with Crippen molar-refractivity contribution in [2.75, 3.05) is 12.3 Å². The summed E-state index contributed by atoms with van der Waals surface area (Å²) >= 11 is 2.97. The third kappa shape index (κ3) is 2.75. The van der Waals surface area contributed by atoms with Gasteiger partial charge in [0.1, 0.15) is 9.63 Å². The second kappa shape index (κ2) is 4.01. The molecule has 0 radical (unpaired) electrons. The van der Waals surface area contributed by atoms with Crippen molar-refractivity contribution in [2.24, 2.45) is 4.99 Å². The average molecular weight is 191 g/mol. The molecule has 1 heterocycles. The molecule has 3 nitrogen and oxygen atoms in total. The first-order chi connectivity index (χ1) is 5.20. The van der Waals surface area contributed by atoms with Crippen LogP contribution in [0.2, 0.25) is 0 Å². The normalized spacial score (nSPS) is 19.5. The third-order valence-electron chi connectivity index (χ3n) is 1.18. The van der Waals surface area contributed by atoms with Crippen LogP contribution in [-0.4, -0.2) is 33.0 Å². The highest BCUT2D eigenvalue weighted by molar-refractivity contribution is 8.39. The Hall–Kier alpha value is -0.160. The Morgan fingerprint density at radius 2 is 2.64 bits per heavy atom. The molecule has 11 heavy (non-hydrogen) atoms. The van der Waals surface area contributed by atoms with Gasteiger partial charge in [-0.05, 0) is 6.92 Å². The largest absolute Gasteiger partial charge is 0.480 e. The Morgan fingerprint density at radius 1 is 1.91 bits per heavy atom. The summed E-state index contributed by atoms with van der Waals surface area (Å²) < 4.78 is 0.917.